The highest BCUT2D eigenvalue weighted by atomic mass is 16.5. The number of hydrogen-bond donors (Lipinski definition) is 2. The molecule has 138 valence electrons. The Bertz CT molecular complexity index is 783. The van der Waals surface area contributed by atoms with Crippen molar-refractivity contribution in [3.63, 3.8) is 0 Å². The first-order valence-electron chi connectivity index (χ1n) is 8.96. The Balaban J connectivity index is 1.74. The summed E-state index contributed by atoms with van der Waals surface area (Å²) in [4.78, 5) is 12.3. The van der Waals surface area contributed by atoms with Crippen molar-refractivity contribution < 1.29 is 14.6 Å². The van der Waals surface area contributed by atoms with Crippen LogP contribution in [0.1, 0.15) is 22.6 Å². The smallest absolute Gasteiger partial charge is 0.407 e. The fourth-order valence-corrected chi connectivity index (χ4v) is 3.13. The van der Waals surface area contributed by atoms with Gasteiger partial charge in [0.05, 0.1) is 12.6 Å². The van der Waals surface area contributed by atoms with Crippen molar-refractivity contribution in [1.29, 1.82) is 0 Å². The van der Waals surface area contributed by atoms with Crippen molar-refractivity contribution in [2.45, 2.75) is 18.6 Å². The molecule has 3 aromatic rings. The van der Waals surface area contributed by atoms with E-state index in [0.29, 0.717) is 0 Å². The van der Waals surface area contributed by atoms with Gasteiger partial charge in [0, 0.05) is 5.92 Å². The summed E-state index contributed by atoms with van der Waals surface area (Å²) in [5.41, 5.74) is 2.95. The molecular weight excluding hydrogens is 338 g/mol. The number of aliphatic hydroxyl groups excluding tert-OH is 1. The minimum absolute atomic E-state index is 0.179. The largest absolute Gasteiger partial charge is 0.445 e. The van der Waals surface area contributed by atoms with Crippen molar-refractivity contribution in [3.05, 3.63) is 108 Å². The van der Waals surface area contributed by atoms with Crippen LogP contribution in [-0.2, 0) is 11.3 Å². The molecule has 3 rings (SSSR count). The number of rotatable bonds is 7. The third-order valence-electron chi connectivity index (χ3n) is 4.43. The maximum atomic E-state index is 12.3. The molecule has 1 amide bonds. The molecule has 0 aromatic heterocycles. The molecule has 0 unspecified atom stereocenters. The minimum atomic E-state index is -0.547. The van der Waals surface area contributed by atoms with Gasteiger partial charge in [-0.15, -0.1) is 0 Å². The highest BCUT2D eigenvalue weighted by Gasteiger charge is 2.26. The first-order valence-corrected chi connectivity index (χ1v) is 8.96. The van der Waals surface area contributed by atoms with E-state index < -0.39 is 12.1 Å². The van der Waals surface area contributed by atoms with Gasteiger partial charge in [-0.2, -0.15) is 0 Å². The van der Waals surface area contributed by atoms with Crippen LogP contribution in [0.5, 0.6) is 0 Å². The zero-order chi connectivity index (χ0) is 18.9. The maximum Gasteiger partial charge on any atom is 0.407 e. The molecule has 0 aliphatic carbocycles. The Morgan fingerprint density at radius 1 is 0.815 bits per heavy atom. The van der Waals surface area contributed by atoms with E-state index in [-0.39, 0.29) is 19.1 Å². The van der Waals surface area contributed by atoms with E-state index in [1.165, 1.54) is 0 Å². The molecule has 0 saturated carbocycles. The van der Waals surface area contributed by atoms with Gasteiger partial charge in [-0.1, -0.05) is 91.0 Å². The number of benzene rings is 3. The fourth-order valence-electron chi connectivity index (χ4n) is 3.13. The molecule has 27 heavy (non-hydrogen) atoms. The van der Waals surface area contributed by atoms with Gasteiger partial charge in [-0.3, -0.25) is 0 Å². The third kappa shape index (κ3) is 5.19. The first kappa shape index (κ1) is 18.7. The fraction of sp³-hybridized carbons (Fsp3) is 0.174. The molecule has 2 N–H and O–H groups in total. The summed E-state index contributed by atoms with van der Waals surface area (Å²) in [6, 6.07) is 28.7. The Kier molecular flexibility index (Phi) is 6.61. The van der Waals surface area contributed by atoms with E-state index in [0.717, 1.165) is 16.7 Å². The average molecular weight is 361 g/mol. The summed E-state index contributed by atoms with van der Waals surface area (Å²) in [5.74, 6) is -0.179. The van der Waals surface area contributed by atoms with Crippen LogP contribution in [0.3, 0.4) is 0 Å². The van der Waals surface area contributed by atoms with Crippen LogP contribution >= 0.6 is 0 Å². The number of nitrogens with one attached hydrogen (secondary N) is 1. The molecule has 4 nitrogen and oxygen atoms in total. The number of alkyl carbamates (subject to hydrolysis) is 1. The molecule has 0 heterocycles. The lowest BCUT2D eigenvalue weighted by Gasteiger charge is -2.27. The lowest BCUT2D eigenvalue weighted by molar-refractivity contribution is 0.127. The van der Waals surface area contributed by atoms with E-state index in [4.69, 9.17) is 4.74 Å². The SMILES string of the molecule is O=C(N[C@H](CO)C(c1ccccc1)c1ccccc1)OCc1ccccc1. The predicted molar refractivity (Wildman–Crippen MR) is 105 cm³/mol. The molecule has 0 spiro atoms. The van der Waals surface area contributed by atoms with Gasteiger partial charge >= 0.3 is 6.09 Å². The van der Waals surface area contributed by atoms with Gasteiger partial charge in [0.15, 0.2) is 0 Å². The second-order valence-electron chi connectivity index (χ2n) is 6.29. The van der Waals surface area contributed by atoms with Gasteiger partial charge in [0.1, 0.15) is 6.61 Å². The van der Waals surface area contributed by atoms with Gasteiger partial charge in [-0.25, -0.2) is 4.79 Å². The molecule has 0 bridgehead atoms. The van der Waals surface area contributed by atoms with E-state index in [1.54, 1.807) is 0 Å². The van der Waals surface area contributed by atoms with E-state index in [2.05, 4.69) is 5.32 Å². The summed E-state index contributed by atoms with van der Waals surface area (Å²) in [6.45, 7) is -0.0128. The summed E-state index contributed by atoms with van der Waals surface area (Å²) in [6.07, 6.45) is -0.547. The van der Waals surface area contributed by atoms with Gasteiger partial charge in [-0.05, 0) is 16.7 Å². The molecule has 4 heteroatoms. The van der Waals surface area contributed by atoms with Crippen molar-refractivity contribution >= 4 is 6.09 Å². The number of aliphatic hydroxyl groups is 1. The van der Waals surface area contributed by atoms with Gasteiger partial charge in [0.2, 0.25) is 0 Å². The normalized spacial score (nSPS) is 11.8. The molecule has 0 aliphatic rings. The summed E-state index contributed by atoms with van der Waals surface area (Å²) < 4.78 is 5.32. The topological polar surface area (TPSA) is 58.6 Å². The third-order valence-corrected chi connectivity index (χ3v) is 4.43. The molecule has 0 saturated heterocycles. The van der Waals surface area contributed by atoms with Crippen LogP contribution in [0.15, 0.2) is 91.0 Å². The standard InChI is InChI=1S/C23H23NO3/c25-16-21(24-23(26)27-17-18-10-4-1-5-11-18)22(19-12-6-2-7-13-19)20-14-8-3-9-15-20/h1-15,21-22,25H,16-17H2,(H,24,26)/t21-/m1/s1. The molecule has 0 radical (unpaired) electrons. The van der Waals surface area contributed by atoms with Crippen LogP contribution in [-0.4, -0.2) is 23.8 Å². The number of carbonyl (C=O) groups is 1. The minimum Gasteiger partial charge on any atom is -0.445 e. The molecule has 0 fully saturated rings. The Labute approximate surface area is 159 Å². The quantitative estimate of drug-likeness (QED) is 0.666. The van der Waals surface area contributed by atoms with Crippen LogP contribution in [0.4, 0.5) is 4.79 Å². The van der Waals surface area contributed by atoms with E-state index >= 15 is 0 Å². The lowest BCUT2D eigenvalue weighted by atomic mass is 9.85. The monoisotopic (exact) mass is 361 g/mol. The lowest BCUT2D eigenvalue weighted by Crippen LogP contribution is -2.42. The van der Waals surface area contributed by atoms with Crippen LogP contribution < -0.4 is 5.32 Å². The van der Waals surface area contributed by atoms with Crippen LogP contribution in [0.25, 0.3) is 0 Å². The highest BCUT2D eigenvalue weighted by molar-refractivity contribution is 5.68. The summed E-state index contributed by atoms with van der Waals surface area (Å²) >= 11 is 0. The second-order valence-corrected chi connectivity index (χ2v) is 6.29. The Hall–Kier alpha value is -3.11. The highest BCUT2D eigenvalue weighted by Crippen LogP contribution is 2.28. The first-order chi connectivity index (χ1) is 13.3. The van der Waals surface area contributed by atoms with Gasteiger partial charge in [0.25, 0.3) is 0 Å². The number of amides is 1. The zero-order valence-corrected chi connectivity index (χ0v) is 15.0. The Morgan fingerprint density at radius 2 is 1.30 bits per heavy atom. The average Bonchev–Trinajstić information content (AvgIpc) is 2.74. The van der Waals surface area contributed by atoms with E-state index in [9.17, 15) is 9.90 Å². The van der Waals surface area contributed by atoms with Crippen LogP contribution in [0.2, 0.25) is 0 Å². The summed E-state index contributed by atoms with van der Waals surface area (Å²) in [7, 11) is 0. The van der Waals surface area contributed by atoms with Crippen molar-refractivity contribution in [2.24, 2.45) is 0 Å². The number of carbonyl (C=O) groups excluding carboxylic acids is 1. The summed E-state index contributed by atoms with van der Waals surface area (Å²) in [5, 5.41) is 12.8. The predicted octanol–water partition coefficient (Wildman–Crippen LogP) is 4.11. The van der Waals surface area contributed by atoms with Crippen molar-refractivity contribution in [1.82, 2.24) is 5.32 Å². The van der Waals surface area contributed by atoms with E-state index in [1.807, 2.05) is 91.0 Å². The van der Waals surface area contributed by atoms with Crippen LogP contribution in [0, 0.1) is 0 Å². The molecule has 1 atom stereocenters. The van der Waals surface area contributed by atoms with Crippen molar-refractivity contribution in [2.75, 3.05) is 6.61 Å². The molecule has 3 aromatic carbocycles. The van der Waals surface area contributed by atoms with Gasteiger partial charge < -0.3 is 15.2 Å². The maximum absolute atomic E-state index is 12.3. The molecular formula is C23H23NO3. The number of hydrogen-bond acceptors (Lipinski definition) is 3. The zero-order valence-electron chi connectivity index (χ0n) is 15.0. The Morgan fingerprint density at radius 3 is 1.78 bits per heavy atom. The second kappa shape index (κ2) is 9.55. The number of ether oxygens (including phenoxy) is 1. The van der Waals surface area contributed by atoms with Crippen molar-refractivity contribution in [3.8, 4) is 0 Å². The molecule has 0 aliphatic heterocycles.